The lowest BCUT2D eigenvalue weighted by Crippen LogP contribution is -2.14. The zero-order valence-electron chi connectivity index (χ0n) is 16.7. The van der Waals surface area contributed by atoms with E-state index >= 15 is 0 Å². The summed E-state index contributed by atoms with van der Waals surface area (Å²) < 4.78 is 32.2. The Balaban J connectivity index is 1.93. The van der Waals surface area contributed by atoms with Crippen molar-refractivity contribution in [3.63, 3.8) is 0 Å². The van der Waals surface area contributed by atoms with Crippen molar-refractivity contribution in [3.05, 3.63) is 92.4 Å². The van der Waals surface area contributed by atoms with Crippen molar-refractivity contribution >= 4 is 59.6 Å². The second-order valence-electron chi connectivity index (χ2n) is 6.66. The number of nitrogens with zero attached hydrogens (tertiary/aromatic N) is 1. The Bertz CT molecular complexity index is 1330. The minimum atomic E-state index is -4.11. The Morgan fingerprint density at radius 2 is 1.62 bits per heavy atom. The van der Waals surface area contributed by atoms with Crippen LogP contribution in [-0.4, -0.2) is 14.3 Å². The number of nitriles is 1. The minimum absolute atomic E-state index is 0.00515. The number of carbonyl (C=O) groups is 1. The molecule has 0 aliphatic heterocycles. The molecule has 162 valence electrons. The van der Waals surface area contributed by atoms with Crippen LogP contribution in [0.25, 0.3) is 6.08 Å². The van der Waals surface area contributed by atoms with Crippen LogP contribution in [0.15, 0.2) is 86.1 Å². The van der Waals surface area contributed by atoms with E-state index in [1.807, 2.05) is 13.0 Å². The van der Waals surface area contributed by atoms with Gasteiger partial charge in [0.15, 0.2) is 0 Å². The molecule has 0 heterocycles. The molecule has 3 aromatic carbocycles. The molecule has 0 atom stereocenters. The second-order valence-corrected chi connectivity index (χ2v) is 10.0. The molecule has 0 radical (unpaired) electrons. The number of hydrogen-bond donors (Lipinski definition) is 1. The van der Waals surface area contributed by atoms with Crippen LogP contribution in [0.4, 0.5) is 5.69 Å². The van der Waals surface area contributed by atoms with Gasteiger partial charge in [-0.3, -0.25) is 4.79 Å². The van der Waals surface area contributed by atoms with Crippen LogP contribution in [0, 0.1) is 18.3 Å². The third kappa shape index (κ3) is 6.07. The molecule has 0 unspecified atom stereocenters. The van der Waals surface area contributed by atoms with Crippen LogP contribution in [0.2, 0.25) is 0 Å². The summed E-state index contributed by atoms with van der Waals surface area (Å²) >= 11 is 6.63. The highest BCUT2D eigenvalue weighted by Crippen LogP contribution is 2.29. The maximum absolute atomic E-state index is 12.7. The van der Waals surface area contributed by atoms with Gasteiger partial charge in [0.2, 0.25) is 0 Å². The summed E-state index contributed by atoms with van der Waals surface area (Å²) in [6.07, 6.45) is 1.28. The fourth-order valence-electron chi connectivity index (χ4n) is 2.61. The summed E-state index contributed by atoms with van der Waals surface area (Å²) in [7, 11) is -4.11. The molecule has 1 N–H and O–H groups in total. The predicted molar refractivity (Wildman–Crippen MR) is 129 cm³/mol. The first-order valence-electron chi connectivity index (χ1n) is 9.17. The highest BCUT2D eigenvalue weighted by atomic mass is 79.9. The van der Waals surface area contributed by atoms with Crippen molar-refractivity contribution in [3.8, 4) is 11.8 Å². The molecule has 0 aliphatic carbocycles. The van der Waals surface area contributed by atoms with Crippen molar-refractivity contribution in [1.29, 1.82) is 5.26 Å². The largest absolute Gasteiger partial charge is 0.378 e. The fourth-order valence-corrected chi connectivity index (χ4v) is 4.21. The van der Waals surface area contributed by atoms with Crippen LogP contribution in [0.5, 0.6) is 5.75 Å². The number of benzene rings is 3. The number of amides is 1. The van der Waals surface area contributed by atoms with Crippen molar-refractivity contribution in [2.24, 2.45) is 0 Å². The van der Waals surface area contributed by atoms with Gasteiger partial charge in [0.05, 0.1) is 0 Å². The predicted octanol–water partition coefficient (Wildman–Crippen LogP) is 5.83. The van der Waals surface area contributed by atoms with Crippen molar-refractivity contribution in [2.75, 3.05) is 5.32 Å². The number of nitrogens with one attached hydrogen (secondary N) is 1. The average Bonchev–Trinajstić information content (AvgIpc) is 2.75. The van der Waals surface area contributed by atoms with E-state index in [9.17, 15) is 18.5 Å². The van der Waals surface area contributed by atoms with Gasteiger partial charge in [-0.2, -0.15) is 13.7 Å². The van der Waals surface area contributed by atoms with Gasteiger partial charge in [-0.15, -0.1) is 0 Å². The molecule has 0 bridgehead atoms. The zero-order chi connectivity index (χ0) is 23.3. The number of anilines is 1. The molecule has 6 nitrogen and oxygen atoms in total. The minimum Gasteiger partial charge on any atom is -0.378 e. The topological polar surface area (TPSA) is 96.3 Å². The molecule has 0 fully saturated rings. The van der Waals surface area contributed by atoms with E-state index in [0.717, 1.165) is 10.0 Å². The second kappa shape index (κ2) is 10.1. The number of halogens is 2. The molecule has 3 aromatic rings. The van der Waals surface area contributed by atoms with Gasteiger partial charge < -0.3 is 9.50 Å². The van der Waals surface area contributed by atoms with Gasteiger partial charge in [0.25, 0.3) is 5.91 Å². The molecule has 0 aromatic heterocycles. The van der Waals surface area contributed by atoms with E-state index in [0.29, 0.717) is 10.2 Å². The summed E-state index contributed by atoms with van der Waals surface area (Å²) in [4.78, 5) is 12.6. The van der Waals surface area contributed by atoms with Gasteiger partial charge in [-0.05, 0) is 67.6 Å². The summed E-state index contributed by atoms with van der Waals surface area (Å²) in [5, 5.41) is 12.2. The lowest BCUT2D eigenvalue weighted by Gasteiger charge is -2.11. The summed E-state index contributed by atoms with van der Waals surface area (Å²) in [6.45, 7) is 1.84. The first-order chi connectivity index (χ1) is 15.2. The number of hydrogen-bond acceptors (Lipinski definition) is 5. The Morgan fingerprint density at radius 3 is 2.25 bits per heavy atom. The zero-order valence-corrected chi connectivity index (χ0v) is 20.7. The van der Waals surface area contributed by atoms with Gasteiger partial charge >= 0.3 is 10.1 Å². The van der Waals surface area contributed by atoms with Gasteiger partial charge in [-0.1, -0.05) is 49.6 Å². The Kier molecular flexibility index (Phi) is 7.51. The number of carbonyl (C=O) groups excluding carboxylic acids is 1. The molecule has 0 saturated heterocycles. The molecule has 3 rings (SSSR count). The maximum atomic E-state index is 12.7. The smallest absolute Gasteiger partial charge is 0.339 e. The third-order valence-electron chi connectivity index (χ3n) is 4.25. The van der Waals surface area contributed by atoms with Crippen LogP contribution in [-0.2, 0) is 14.9 Å². The average molecular weight is 576 g/mol. The molecule has 0 saturated carbocycles. The molecule has 1 amide bonds. The van der Waals surface area contributed by atoms with Crippen LogP contribution >= 0.6 is 31.9 Å². The Hall–Kier alpha value is -2.93. The third-order valence-corrected chi connectivity index (χ3v) is 6.52. The van der Waals surface area contributed by atoms with E-state index in [4.69, 9.17) is 4.18 Å². The maximum Gasteiger partial charge on any atom is 0.339 e. The van der Waals surface area contributed by atoms with Gasteiger partial charge in [0.1, 0.15) is 22.3 Å². The van der Waals surface area contributed by atoms with Crippen LogP contribution in [0.1, 0.15) is 11.1 Å². The van der Waals surface area contributed by atoms with Crippen LogP contribution < -0.4 is 9.50 Å². The fraction of sp³-hybridized carbons (Fsp3) is 0.0435. The lowest BCUT2D eigenvalue weighted by atomic mass is 10.1. The molecular weight excluding hydrogens is 560 g/mol. The van der Waals surface area contributed by atoms with Gasteiger partial charge in [-0.25, -0.2) is 0 Å². The standard InChI is InChI=1S/C23H16Br2N2O4S/c1-15-2-9-21(10-3-15)32(29,30)31-22-11-6-19(25)13-16(22)12-17(14-26)23(28)27-20-7-4-18(24)5-8-20/h2-13H,1H3,(H,27,28)/b17-12+. The summed E-state index contributed by atoms with van der Waals surface area (Å²) in [5.41, 5.74) is 1.44. The van der Waals surface area contributed by atoms with Crippen LogP contribution in [0.3, 0.4) is 0 Å². The summed E-state index contributed by atoms with van der Waals surface area (Å²) in [6, 6.07) is 19.6. The molecule has 9 heteroatoms. The van der Waals surface area contributed by atoms with E-state index in [1.54, 1.807) is 48.5 Å². The molecular formula is C23H16Br2N2O4S. The monoisotopic (exact) mass is 574 g/mol. The first kappa shape index (κ1) is 23.7. The summed E-state index contributed by atoms with van der Waals surface area (Å²) in [5.74, 6) is -0.653. The SMILES string of the molecule is Cc1ccc(S(=O)(=O)Oc2ccc(Br)cc2/C=C(\C#N)C(=O)Nc2ccc(Br)cc2)cc1. The molecule has 0 aliphatic rings. The van der Waals surface area contributed by atoms with E-state index in [2.05, 4.69) is 37.2 Å². The van der Waals surface area contributed by atoms with Crippen molar-refractivity contribution in [1.82, 2.24) is 0 Å². The quantitative estimate of drug-likeness (QED) is 0.226. The highest BCUT2D eigenvalue weighted by molar-refractivity contribution is 9.10. The van der Waals surface area contributed by atoms with Gasteiger partial charge in [0, 0.05) is 20.2 Å². The Labute approximate surface area is 202 Å². The van der Waals surface area contributed by atoms with E-state index < -0.39 is 16.0 Å². The van der Waals surface area contributed by atoms with Crippen molar-refractivity contribution < 1.29 is 17.4 Å². The highest BCUT2D eigenvalue weighted by Gasteiger charge is 2.19. The van der Waals surface area contributed by atoms with Crippen molar-refractivity contribution in [2.45, 2.75) is 11.8 Å². The normalized spacial score (nSPS) is 11.5. The number of aryl methyl sites for hydroxylation is 1. The number of rotatable bonds is 6. The lowest BCUT2D eigenvalue weighted by molar-refractivity contribution is -0.112. The Morgan fingerprint density at radius 1 is 1.00 bits per heavy atom. The van der Waals surface area contributed by atoms with E-state index in [-0.39, 0.29) is 21.8 Å². The van der Waals surface area contributed by atoms with E-state index in [1.165, 1.54) is 24.3 Å². The molecule has 32 heavy (non-hydrogen) atoms. The molecule has 0 spiro atoms. The first-order valence-corrected chi connectivity index (χ1v) is 12.2.